The Bertz CT molecular complexity index is 540. The maximum Gasteiger partial charge on any atom is 0.332 e. The van der Waals surface area contributed by atoms with Crippen molar-refractivity contribution in [2.24, 2.45) is 0 Å². The van der Waals surface area contributed by atoms with Crippen LogP contribution in [-0.2, 0) is 9.53 Å². The molecule has 1 unspecified atom stereocenters. The number of anilines is 1. The van der Waals surface area contributed by atoms with Gasteiger partial charge in [-0.05, 0) is 19.1 Å². The number of aromatic hydroxyl groups is 1. The zero-order valence-electron chi connectivity index (χ0n) is 11.7. The van der Waals surface area contributed by atoms with Crippen LogP contribution in [0, 0.1) is 0 Å². The van der Waals surface area contributed by atoms with Gasteiger partial charge < -0.3 is 20.3 Å². The summed E-state index contributed by atoms with van der Waals surface area (Å²) in [6.45, 7) is 2.35. The number of carbonyl (C=O) groups is 2. The predicted molar refractivity (Wildman–Crippen MR) is 75.5 cm³/mol. The van der Waals surface area contributed by atoms with Gasteiger partial charge in [-0.1, -0.05) is 6.07 Å². The highest BCUT2D eigenvalue weighted by Gasteiger charge is 2.44. The van der Waals surface area contributed by atoms with E-state index >= 15 is 0 Å². The number of nitrogens with one attached hydrogen (secondary N) is 1. The average molecular weight is 294 g/mol. The number of ether oxygens (including phenoxy) is 1. The molecule has 2 amide bonds. The van der Waals surface area contributed by atoms with Crippen LogP contribution in [0.3, 0.4) is 0 Å². The van der Waals surface area contributed by atoms with Crippen molar-refractivity contribution in [1.29, 1.82) is 0 Å². The molecule has 2 rings (SSSR count). The first-order valence-corrected chi connectivity index (χ1v) is 6.68. The Balaban J connectivity index is 2.19. The fraction of sp³-hybridized carbons (Fsp3) is 0.429. The molecule has 1 heterocycles. The van der Waals surface area contributed by atoms with Crippen molar-refractivity contribution in [3.8, 4) is 5.75 Å². The molecule has 3 N–H and O–H groups in total. The average Bonchev–Trinajstić information content (AvgIpc) is 2.89. The predicted octanol–water partition coefficient (Wildman–Crippen LogP) is 1.17. The Labute approximate surface area is 122 Å². The molecule has 1 aliphatic heterocycles. The summed E-state index contributed by atoms with van der Waals surface area (Å²) < 4.78 is 5.11. The van der Waals surface area contributed by atoms with E-state index in [9.17, 15) is 19.8 Å². The molecule has 0 bridgehead atoms. The Kier molecular flexibility index (Phi) is 4.32. The Morgan fingerprint density at radius 2 is 2.24 bits per heavy atom. The number of hydrogen-bond donors (Lipinski definition) is 3. The summed E-state index contributed by atoms with van der Waals surface area (Å²) in [6.07, 6.45) is 0.228. The number of phenols is 1. The SMILES string of the molecule is CCN(C(=O)NC1(C(=O)O)CCOC1)c1cccc(O)c1. The van der Waals surface area contributed by atoms with Gasteiger partial charge in [-0.15, -0.1) is 0 Å². The molecule has 0 radical (unpaired) electrons. The number of aliphatic carboxylic acids is 1. The van der Waals surface area contributed by atoms with E-state index < -0.39 is 17.5 Å². The lowest BCUT2D eigenvalue weighted by Crippen LogP contribution is -2.58. The number of rotatable bonds is 4. The van der Waals surface area contributed by atoms with Crippen LogP contribution in [-0.4, -0.2) is 47.5 Å². The van der Waals surface area contributed by atoms with Crippen molar-refractivity contribution >= 4 is 17.7 Å². The van der Waals surface area contributed by atoms with E-state index in [0.29, 0.717) is 18.8 Å². The Morgan fingerprint density at radius 3 is 2.76 bits per heavy atom. The quantitative estimate of drug-likeness (QED) is 0.774. The maximum absolute atomic E-state index is 12.4. The molecule has 1 atom stereocenters. The van der Waals surface area contributed by atoms with Crippen LogP contribution >= 0.6 is 0 Å². The fourth-order valence-electron chi connectivity index (χ4n) is 2.26. The van der Waals surface area contributed by atoms with Gasteiger partial charge in [0.15, 0.2) is 5.54 Å². The molecule has 1 aromatic rings. The van der Waals surface area contributed by atoms with Gasteiger partial charge in [0.2, 0.25) is 0 Å². The van der Waals surface area contributed by atoms with E-state index in [1.165, 1.54) is 17.0 Å². The standard InChI is InChI=1S/C14H18N2O5/c1-2-16(10-4-3-5-11(17)8-10)13(20)15-14(12(18)19)6-7-21-9-14/h3-5,8,17H,2,6-7,9H2,1H3,(H,15,20)(H,18,19). The van der Waals surface area contributed by atoms with E-state index in [0.717, 1.165) is 0 Å². The molecule has 0 spiro atoms. The molecule has 1 aliphatic rings. The minimum Gasteiger partial charge on any atom is -0.508 e. The van der Waals surface area contributed by atoms with Gasteiger partial charge in [0, 0.05) is 31.3 Å². The second-order valence-corrected chi connectivity index (χ2v) is 4.88. The first-order valence-electron chi connectivity index (χ1n) is 6.68. The molecule has 1 fully saturated rings. The van der Waals surface area contributed by atoms with Crippen molar-refractivity contribution in [3.63, 3.8) is 0 Å². The molecule has 0 aliphatic carbocycles. The minimum atomic E-state index is -1.39. The first-order chi connectivity index (χ1) is 9.98. The van der Waals surface area contributed by atoms with Gasteiger partial charge >= 0.3 is 12.0 Å². The van der Waals surface area contributed by atoms with E-state index in [-0.39, 0.29) is 18.8 Å². The van der Waals surface area contributed by atoms with Gasteiger partial charge in [0.25, 0.3) is 0 Å². The van der Waals surface area contributed by atoms with Crippen LogP contribution in [0.5, 0.6) is 5.75 Å². The summed E-state index contributed by atoms with van der Waals surface area (Å²) in [6, 6.07) is 5.70. The molecule has 21 heavy (non-hydrogen) atoms. The molecule has 1 aromatic carbocycles. The number of urea groups is 1. The number of carbonyl (C=O) groups excluding carboxylic acids is 1. The minimum absolute atomic E-state index is 0.0379. The number of amides is 2. The molecule has 1 saturated heterocycles. The fourth-order valence-corrected chi connectivity index (χ4v) is 2.26. The molecule has 0 aromatic heterocycles. The van der Waals surface area contributed by atoms with Gasteiger partial charge in [0.05, 0.1) is 6.61 Å². The van der Waals surface area contributed by atoms with Crippen molar-refractivity contribution in [3.05, 3.63) is 24.3 Å². The van der Waals surface area contributed by atoms with Gasteiger partial charge in [-0.2, -0.15) is 0 Å². The van der Waals surface area contributed by atoms with Gasteiger partial charge in [-0.25, -0.2) is 9.59 Å². The number of benzene rings is 1. The number of hydrogen-bond acceptors (Lipinski definition) is 4. The third-order valence-electron chi connectivity index (χ3n) is 3.48. The highest BCUT2D eigenvalue weighted by Crippen LogP contribution is 2.23. The lowest BCUT2D eigenvalue weighted by Gasteiger charge is -2.29. The lowest BCUT2D eigenvalue weighted by atomic mass is 9.99. The normalized spacial score (nSPS) is 21.0. The number of carboxylic acid groups (broad SMARTS) is 1. The summed E-state index contributed by atoms with van der Waals surface area (Å²) in [7, 11) is 0. The third kappa shape index (κ3) is 3.08. The van der Waals surface area contributed by atoms with Crippen LogP contribution in [0.25, 0.3) is 0 Å². The van der Waals surface area contributed by atoms with Crippen LogP contribution in [0.15, 0.2) is 24.3 Å². The van der Waals surface area contributed by atoms with Crippen LogP contribution < -0.4 is 10.2 Å². The van der Waals surface area contributed by atoms with Crippen LogP contribution in [0.2, 0.25) is 0 Å². The highest BCUT2D eigenvalue weighted by atomic mass is 16.5. The van der Waals surface area contributed by atoms with E-state index in [1.807, 2.05) is 0 Å². The highest BCUT2D eigenvalue weighted by molar-refractivity contribution is 5.96. The number of nitrogens with zero attached hydrogens (tertiary/aromatic N) is 1. The summed E-state index contributed by atoms with van der Waals surface area (Å²) in [5.41, 5.74) is -0.893. The monoisotopic (exact) mass is 294 g/mol. The molecule has 7 heteroatoms. The van der Waals surface area contributed by atoms with Crippen molar-refractivity contribution in [1.82, 2.24) is 5.32 Å². The largest absolute Gasteiger partial charge is 0.508 e. The van der Waals surface area contributed by atoms with Crippen LogP contribution in [0.4, 0.5) is 10.5 Å². The maximum atomic E-state index is 12.4. The summed E-state index contributed by atoms with van der Waals surface area (Å²) in [4.78, 5) is 25.1. The third-order valence-corrected chi connectivity index (χ3v) is 3.48. The zero-order valence-corrected chi connectivity index (χ0v) is 11.7. The second kappa shape index (κ2) is 6.01. The van der Waals surface area contributed by atoms with Crippen molar-refractivity contribution in [2.75, 3.05) is 24.7 Å². The lowest BCUT2D eigenvalue weighted by molar-refractivity contribution is -0.144. The first kappa shape index (κ1) is 15.1. The zero-order chi connectivity index (χ0) is 15.5. The van der Waals surface area contributed by atoms with Gasteiger partial charge in [-0.3, -0.25) is 4.90 Å². The Morgan fingerprint density at radius 1 is 1.48 bits per heavy atom. The van der Waals surface area contributed by atoms with E-state index in [4.69, 9.17) is 4.74 Å². The number of phenolic OH excluding ortho intramolecular Hbond substituents is 1. The molecular formula is C14H18N2O5. The number of carboxylic acids is 1. The molecular weight excluding hydrogens is 276 g/mol. The topological polar surface area (TPSA) is 99.1 Å². The van der Waals surface area contributed by atoms with Gasteiger partial charge in [0.1, 0.15) is 5.75 Å². The van der Waals surface area contributed by atoms with E-state index in [2.05, 4.69) is 5.32 Å². The van der Waals surface area contributed by atoms with E-state index in [1.54, 1.807) is 19.1 Å². The molecule has 0 saturated carbocycles. The summed E-state index contributed by atoms with van der Waals surface area (Å²) in [5.74, 6) is -1.07. The Hall–Kier alpha value is -2.28. The second-order valence-electron chi connectivity index (χ2n) is 4.88. The van der Waals surface area contributed by atoms with Crippen molar-refractivity contribution in [2.45, 2.75) is 18.9 Å². The molecule has 114 valence electrons. The molecule has 7 nitrogen and oxygen atoms in total. The summed E-state index contributed by atoms with van der Waals surface area (Å²) in [5, 5.41) is 21.4. The smallest absolute Gasteiger partial charge is 0.332 e. The van der Waals surface area contributed by atoms with Crippen LogP contribution in [0.1, 0.15) is 13.3 Å². The summed E-state index contributed by atoms with van der Waals surface area (Å²) >= 11 is 0. The van der Waals surface area contributed by atoms with Crippen molar-refractivity contribution < 1.29 is 24.5 Å².